The van der Waals surface area contributed by atoms with Crippen molar-refractivity contribution in [1.82, 2.24) is 19.7 Å². The standard InChI is InChI=1S/C19H21F2N5O4/c1-10-13(20)3-4-15(16(10)21)22-19(29)25-6-5-14-12(8-25)17-18(28)24(2)30-11(9-27)7-26(17)23-14/h3-4,11,27H,5-9H2,1-2H3,(H,22,29)/t11-/m0/s1. The molecule has 2 aromatic rings. The molecule has 0 saturated carbocycles. The molecule has 0 aliphatic carbocycles. The summed E-state index contributed by atoms with van der Waals surface area (Å²) in [6, 6.07) is 1.69. The van der Waals surface area contributed by atoms with Crippen LogP contribution in [0.4, 0.5) is 19.3 Å². The van der Waals surface area contributed by atoms with Gasteiger partial charge in [-0.2, -0.15) is 5.10 Å². The summed E-state index contributed by atoms with van der Waals surface area (Å²) in [4.78, 5) is 32.3. The van der Waals surface area contributed by atoms with Gasteiger partial charge in [-0.25, -0.2) is 18.6 Å². The molecule has 0 spiro atoms. The Labute approximate surface area is 170 Å². The van der Waals surface area contributed by atoms with Crippen molar-refractivity contribution >= 4 is 17.6 Å². The summed E-state index contributed by atoms with van der Waals surface area (Å²) >= 11 is 0. The molecule has 0 radical (unpaired) electrons. The zero-order chi connectivity index (χ0) is 21.6. The highest BCUT2D eigenvalue weighted by molar-refractivity contribution is 5.94. The van der Waals surface area contributed by atoms with Crippen molar-refractivity contribution in [2.75, 3.05) is 25.5 Å². The monoisotopic (exact) mass is 421 g/mol. The van der Waals surface area contributed by atoms with Crippen LogP contribution in [0.15, 0.2) is 12.1 Å². The Morgan fingerprint density at radius 2 is 2.17 bits per heavy atom. The molecule has 9 nitrogen and oxygen atoms in total. The topological polar surface area (TPSA) is 99.9 Å². The van der Waals surface area contributed by atoms with Crippen LogP contribution in [0.25, 0.3) is 0 Å². The second-order valence-corrected chi connectivity index (χ2v) is 7.30. The fraction of sp³-hybridized carbons (Fsp3) is 0.421. The van der Waals surface area contributed by atoms with Crippen LogP contribution in [0, 0.1) is 18.6 Å². The third kappa shape index (κ3) is 3.39. The van der Waals surface area contributed by atoms with E-state index in [4.69, 9.17) is 4.84 Å². The summed E-state index contributed by atoms with van der Waals surface area (Å²) in [5.41, 5.74) is 1.28. The van der Waals surface area contributed by atoms with E-state index in [1.807, 2.05) is 0 Å². The van der Waals surface area contributed by atoms with Gasteiger partial charge < -0.3 is 15.3 Å². The first-order valence-corrected chi connectivity index (χ1v) is 9.45. The van der Waals surface area contributed by atoms with Crippen LogP contribution in [-0.4, -0.2) is 63.1 Å². The maximum atomic E-state index is 14.2. The molecule has 0 unspecified atom stereocenters. The van der Waals surface area contributed by atoms with Gasteiger partial charge in [0.2, 0.25) is 0 Å². The van der Waals surface area contributed by atoms with Crippen LogP contribution < -0.4 is 5.32 Å². The van der Waals surface area contributed by atoms with Crippen LogP contribution >= 0.6 is 0 Å². The molecule has 1 atom stereocenters. The number of aliphatic hydroxyl groups is 1. The first kappa shape index (κ1) is 20.2. The van der Waals surface area contributed by atoms with Gasteiger partial charge in [-0.05, 0) is 19.1 Å². The predicted octanol–water partition coefficient (Wildman–Crippen LogP) is 1.44. The van der Waals surface area contributed by atoms with E-state index in [9.17, 15) is 23.5 Å². The Morgan fingerprint density at radius 3 is 2.90 bits per heavy atom. The number of nitrogens with one attached hydrogen (secondary N) is 1. The Balaban J connectivity index is 1.58. The molecule has 0 saturated heterocycles. The third-order valence-electron chi connectivity index (χ3n) is 5.33. The number of nitrogens with zero attached hydrogens (tertiary/aromatic N) is 4. The molecule has 11 heteroatoms. The van der Waals surface area contributed by atoms with Gasteiger partial charge in [-0.3, -0.25) is 14.3 Å². The maximum Gasteiger partial charge on any atom is 0.322 e. The van der Waals surface area contributed by atoms with Crippen molar-refractivity contribution in [3.05, 3.63) is 46.3 Å². The Bertz CT molecular complexity index is 1020. The minimum Gasteiger partial charge on any atom is -0.393 e. The number of hydroxylamine groups is 2. The molecule has 1 aromatic heterocycles. The zero-order valence-corrected chi connectivity index (χ0v) is 16.5. The van der Waals surface area contributed by atoms with Crippen molar-refractivity contribution < 1.29 is 28.3 Å². The van der Waals surface area contributed by atoms with Gasteiger partial charge in [0.15, 0.2) is 5.82 Å². The number of halogens is 2. The molecule has 4 rings (SSSR count). The van der Waals surface area contributed by atoms with E-state index in [0.29, 0.717) is 29.9 Å². The summed E-state index contributed by atoms with van der Waals surface area (Å²) in [6.45, 7) is 1.63. The van der Waals surface area contributed by atoms with Gasteiger partial charge in [0.1, 0.15) is 17.6 Å². The highest BCUT2D eigenvalue weighted by atomic mass is 19.1. The molecule has 30 heavy (non-hydrogen) atoms. The number of fused-ring (bicyclic) bond motifs is 3. The quantitative estimate of drug-likeness (QED) is 0.765. The minimum atomic E-state index is -0.829. The lowest BCUT2D eigenvalue weighted by molar-refractivity contribution is -0.159. The second-order valence-electron chi connectivity index (χ2n) is 7.30. The number of rotatable bonds is 2. The number of hydrogen-bond acceptors (Lipinski definition) is 5. The molecular weight excluding hydrogens is 400 g/mol. The average molecular weight is 421 g/mol. The fourth-order valence-corrected chi connectivity index (χ4v) is 3.66. The number of anilines is 1. The second kappa shape index (κ2) is 7.65. The van der Waals surface area contributed by atoms with Gasteiger partial charge in [0.05, 0.1) is 31.1 Å². The lowest BCUT2D eigenvalue weighted by Gasteiger charge is -2.27. The maximum absolute atomic E-state index is 14.2. The van der Waals surface area contributed by atoms with E-state index in [1.165, 1.54) is 29.6 Å². The van der Waals surface area contributed by atoms with E-state index in [0.717, 1.165) is 11.1 Å². The Kier molecular flexibility index (Phi) is 5.16. The molecule has 2 aliphatic heterocycles. The first-order valence-electron chi connectivity index (χ1n) is 9.45. The molecule has 160 valence electrons. The average Bonchev–Trinajstić information content (AvgIpc) is 3.04. The van der Waals surface area contributed by atoms with Gasteiger partial charge >= 0.3 is 6.03 Å². The van der Waals surface area contributed by atoms with Crippen molar-refractivity contribution in [3.63, 3.8) is 0 Å². The van der Waals surface area contributed by atoms with Gasteiger partial charge in [0, 0.05) is 31.1 Å². The van der Waals surface area contributed by atoms with Crippen molar-refractivity contribution in [2.24, 2.45) is 0 Å². The molecule has 3 heterocycles. The highest BCUT2D eigenvalue weighted by Crippen LogP contribution is 2.27. The van der Waals surface area contributed by atoms with Crippen LogP contribution in [-0.2, 0) is 24.3 Å². The number of urea groups is 1. The lowest BCUT2D eigenvalue weighted by Crippen LogP contribution is -2.40. The number of amides is 3. The first-order chi connectivity index (χ1) is 14.3. The van der Waals surface area contributed by atoms with E-state index in [2.05, 4.69) is 10.4 Å². The summed E-state index contributed by atoms with van der Waals surface area (Å²) in [7, 11) is 1.45. The van der Waals surface area contributed by atoms with E-state index < -0.39 is 29.7 Å². The van der Waals surface area contributed by atoms with Crippen LogP contribution in [0.5, 0.6) is 0 Å². The Morgan fingerprint density at radius 1 is 1.40 bits per heavy atom. The summed E-state index contributed by atoms with van der Waals surface area (Å²) in [5.74, 6) is -1.95. The van der Waals surface area contributed by atoms with Crippen molar-refractivity contribution in [1.29, 1.82) is 0 Å². The number of hydrogen-bond donors (Lipinski definition) is 2. The molecule has 2 N–H and O–H groups in total. The Hall–Kier alpha value is -3.05. The van der Waals surface area contributed by atoms with Gasteiger partial charge in [0.25, 0.3) is 5.91 Å². The van der Waals surface area contributed by atoms with Crippen LogP contribution in [0.3, 0.4) is 0 Å². The zero-order valence-electron chi connectivity index (χ0n) is 16.5. The van der Waals surface area contributed by atoms with E-state index in [-0.39, 0.29) is 30.9 Å². The van der Waals surface area contributed by atoms with Crippen LogP contribution in [0.1, 0.15) is 27.3 Å². The fourth-order valence-electron chi connectivity index (χ4n) is 3.66. The SMILES string of the molecule is Cc1c(F)ccc(NC(=O)N2CCc3nn4c(c3C2)C(=O)N(C)O[C@H](CO)C4)c1F. The van der Waals surface area contributed by atoms with Gasteiger partial charge in [-0.15, -0.1) is 0 Å². The summed E-state index contributed by atoms with van der Waals surface area (Å²) < 4.78 is 29.2. The number of carbonyl (C=O) groups excluding carboxylic acids is 2. The summed E-state index contributed by atoms with van der Waals surface area (Å²) in [6.07, 6.45) is -0.208. The number of carbonyl (C=O) groups is 2. The lowest BCUT2D eigenvalue weighted by atomic mass is 10.1. The predicted molar refractivity (Wildman–Crippen MR) is 101 cm³/mol. The summed E-state index contributed by atoms with van der Waals surface area (Å²) in [5, 5.41) is 17.4. The molecular formula is C19H21F2N5O4. The van der Waals surface area contributed by atoms with Crippen molar-refractivity contribution in [2.45, 2.75) is 32.5 Å². The highest BCUT2D eigenvalue weighted by Gasteiger charge is 2.35. The smallest absolute Gasteiger partial charge is 0.322 e. The third-order valence-corrected chi connectivity index (χ3v) is 5.33. The molecule has 0 fully saturated rings. The molecule has 3 amide bonds. The van der Waals surface area contributed by atoms with Crippen molar-refractivity contribution in [3.8, 4) is 0 Å². The van der Waals surface area contributed by atoms with Gasteiger partial charge in [-0.1, -0.05) is 0 Å². The molecule has 0 bridgehead atoms. The number of benzene rings is 1. The van der Waals surface area contributed by atoms with E-state index in [1.54, 1.807) is 0 Å². The van der Waals surface area contributed by atoms with E-state index >= 15 is 0 Å². The largest absolute Gasteiger partial charge is 0.393 e. The number of aromatic nitrogens is 2. The van der Waals surface area contributed by atoms with Crippen LogP contribution in [0.2, 0.25) is 0 Å². The molecule has 1 aromatic carbocycles. The molecule has 2 aliphatic rings. The minimum absolute atomic E-state index is 0.0989. The number of aliphatic hydroxyl groups excluding tert-OH is 1. The normalized spacial score (nSPS) is 18.7.